The van der Waals surface area contributed by atoms with Crippen molar-refractivity contribution in [3.8, 4) is 5.75 Å². The van der Waals surface area contributed by atoms with E-state index in [1.54, 1.807) is 79.9 Å². The summed E-state index contributed by atoms with van der Waals surface area (Å²) in [6, 6.07) is 12.5. The van der Waals surface area contributed by atoms with Gasteiger partial charge in [0.25, 0.3) is 0 Å². The summed E-state index contributed by atoms with van der Waals surface area (Å²) in [5, 5.41) is 42.1. The van der Waals surface area contributed by atoms with Gasteiger partial charge < -0.3 is 90.3 Å². The molecule has 0 spiro atoms. The Kier molecular flexibility index (Phi) is 32.4. The fraction of sp³-hybridized carbons (Fsp3) is 0.516. The lowest BCUT2D eigenvalue weighted by Crippen LogP contribution is -2.61. The maximum absolute atomic E-state index is 14.8. The van der Waals surface area contributed by atoms with E-state index >= 15 is 0 Å². The van der Waals surface area contributed by atoms with Crippen LogP contribution in [0.4, 0.5) is 0 Å². The molecule has 11 amide bonds. The van der Waals surface area contributed by atoms with E-state index in [1.165, 1.54) is 17.0 Å². The summed E-state index contributed by atoms with van der Waals surface area (Å²) < 4.78 is 10.5. The first-order chi connectivity index (χ1) is 43.4. The number of rotatable bonds is 42. The zero-order valence-electron chi connectivity index (χ0n) is 51.9. The zero-order valence-corrected chi connectivity index (χ0v) is 51.9. The van der Waals surface area contributed by atoms with Crippen molar-refractivity contribution in [1.82, 2.24) is 52.8 Å². The molecule has 1 fully saturated rings. The third kappa shape index (κ3) is 28.0. The van der Waals surface area contributed by atoms with Crippen LogP contribution < -0.4 is 70.8 Å². The second-order valence-electron chi connectivity index (χ2n) is 22.6. The van der Waals surface area contributed by atoms with E-state index in [2.05, 4.69) is 47.9 Å². The predicted molar refractivity (Wildman–Crippen MR) is 335 cm³/mol. The van der Waals surface area contributed by atoms with E-state index in [1.807, 2.05) is 13.8 Å². The van der Waals surface area contributed by atoms with Gasteiger partial charge in [-0.2, -0.15) is 0 Å². The van der Waals surface area contributed by atoms with Gasteiger partial charge in [0, 0.05) is 65.5 Å². The number of nitrogens with zero attached hydrogens (tertiary/aromatic N) is 1. The van der Waals surface area contributed by atoms with Crippen molar-refractivity contribution >= 4 is 70.9 Å². The molecule has 0 aromatic heterocycles. The molecule has 1 heterocycles. The van der Waals surface area contributed by atoms with Crippen LogP contribution in [0.1, 0.15) is 94.7 Å². The van der Waals surface area contributed by atoms with Gasteiger partial charge in [-0.1, -0.05) is 86.6 Å². The molecule has 0 radical (unpaired) electrons. The monoisotopic (exact) mass is 1270 g/mol. The van der Waals surface area contributed by atoms with Gasteiger partial charge in [-0.15, -0.1) is 0 Å². The smallest absolute Gasteiger partial charge is 0.245 e. The van der Waals surface area contributed by atoms with Gasteiger partial charge >= 0.3 is 0 Å². The Balaban J connectivity index is 1.60. The van der Waals surface area contributed by atoms with E-state index in [0.29, 0.717) is 56.0 Å². The number of ether oxygens (including phenoxy) is 2. The fourth-order valence-electron chi connectivity index (χ4n) is 9.93. The number of primary amides is 3. The van der Waals surface area contributed by atoms with Gasteiger partial charge in [0.1, 0.15) is 54.1 Å². The summed E-state index contributed by atoms with van der Waals surface area (Å²) in [7, 11) is 1.58. The number of phenolic OH excluding ortho intramolecular Hbond substituents is 1. The number of nitrogens with one attached hydrogen (secondary N) is 10. The van der Waals surface area contributed by atoms with Crippen LogP contribution in [0.15, 0.2) is 84.9 Å². The maximum Gasteiger partial charge on any atom is 0.245 e. The van der Waals surface area contributed by atoms with Crippen LogP contribution in [0.5, 0.6) is 5.75 Å². The topological polar surface area (TPSA) is 466 Å². The number of nitrogens with two attached hydrogens (primary N) is 4. The Morgan fingerprint density at radius 1 is 0.571 bits per heavy atom. The molecule has 3 aromatic carbocycles. The Labute approximate surface area is 529 Å². The molecule has 1 aliphatic rings. The number of amides is 11. The van der Waals surface area contributed by atoms with Crippen LogP contribution in [0.3, 0.4) is 0 Å². The molecule has 0 bridgehead atoms. The predicted octanol–water partition coefficient (Wildman–Crippen LogP) is -2.23. The Hall–Kier alpha value is -9.22. The van der Waals surface area contributed by atoms with Gasteiger partial charge in [-0.25, -0.2) is 0 Å². The van der Waals surface area contributed by atoms with Crippen LogP contribution in [-0.2, 0) is 81.5 Å². The number of hydrogen-bond donors (Lipinski definition) is 15. The molecule has 0 saturated carbocycles. The highest BCUT2D eigenvalue weighted by Gasteiger charge is 2.41. The van der Waals surface area contributed by atoms with Crippen LogP contribution >= 0.6 is 0 Å². The zero-order chi connectivity index (χ0) is 66.8. The SMILES string of the molecule is COCCOCCCNCCC(=O)N[C@@H](Cc1ccc(O)cc1)C(=O)N[C@@H](Cc1ccccc1)C(=O)N[C@@H](CC(C)C)C(=O)N[C@@H](Cc1ccccc1)C(=O)N[C@@H](CCC(N)=O)C(=O)N1CCC[C@H]1C(=O)N[C@@H](CCCNC(=N)N)C(=O)N[C@@H](CC(N)=O)C(N)=O. The lowest BCUT2D eigenvalue weighted by atomic mass is 9.99. The minimum Gasteiger partial charge on any atom is -0.508 e. The normalized spacial score (nSPS) is 15.0. The largest absolute Gasteiger partial charge is 0.508 e. The number of hydrogen-bond acceptors (Lipinski definition) is 16. The molecular weight excluding hydrogens is 1180 g/mol. The van der Waals surface area contributed by atoms with E-state index in [4.69, 9.17) is 37.8 Å². The van der Waals surface area contributed by atoms with Crippen LogP contribution in [-0.4, -0.2) is 182 Å². The third-order valence-electron chi connectivity index (χ3n) is 14.6. The van der Waals surface area contributed by atoms with Gasteiger partial charge in [-0.3, -0.25) is 58.1 Å². The number of likely N-dealkylation sites (tertiary alicyclic amines) is 1. The van der Waals surface area contributed by atoms with Gasteiger partial charge in [0.15, 0.2) is 5.96 Å². The minimum atomic E-state index is -1.52. The van der Waals surface area contributed by atoms with E-state index in [0.717, 1.165) is 0 Å². The maximum atomic E-state index is 14.8. The second kappa shape index (κ2) is 39.7. The van der Waals surface area contributed by atoms with Crippen LogP contribution in [0.25, 0.3) is 0 Å². The number of carbonyl (C=O) groups is 11. The lowest BCUT2D eigenvalue weighted by Gasteiger charge is -2.31. The van der Waals surface area contributed by atoms with Crippen molar-refractivity contribution < 1.29 is 67.3 Å². The summed E-state index contributed by atoms with van der Waals surface area (Å²) in [6.45, 7) is 6.00. The molecule has 0 aliphatic carbocycles. The molecule has 1 aliphatic heterocycles. The fourth-order valence-corrected chi connectivity index (χ4v) is 9.93. The molecular formula is C62H91N15O14. The van der Waals surface area contributed by atoms with E-state index in [-0.39, 0.29) is 94.9 Å². The first kappa shape index (κ1) is 74.2. The van der Waals surface area contributed by atoms with Crippen molar-refractivity contribution in [2.24, 2.45) is 28.9 Å². The average molecular weight is 1270 g/mol. The number of guanidine groups is 1. The molecule has 8 atom stereocenters. The standard InChI is InChI=1S/C62H91N15O14/c1-38(2)33-46(74-59(87)49(35-40-15-8-5-9-16-40)76-57(85)47(36-41-19-21-42(78)22-20-41)70-53(81)25-28-68-26-12-30-91-32-31-90-3)56(84)75-48(34-39-13-6-4-7-14-39)58(86)72-44(23-24-51(63)79)61(89)77-29-11-18-50(77)60(88)71-43(17-10-27-69-62(66)67)55(83)73-45(54(65)82)37-52(64)80/h4-9,13-16,19-22,38,43-50,68,78H,10-12,17-18,23-37H2,1-3H3,(H2,63,79)(H2,64,80)(H2,65,82)(H,70,81)(H,71,88)(H,72,86)(H,73,83)(H,74,87)(H,75,84)(H,76,85)(H4,66,67,69)/t43-,44-,45-,46-,47-,48-,49-,50-/m0/s1. The van der Waals surface area contributed by atoms with Crippen LogP contribution in [0.2, 0.25) is 0 Å². The number of benzene rings is 3. The molecule has 1 saturated heterocycles. The highest BCUT2D eigenvalue weighted by atomic mass is 16.5. The summed E-state index contributed by atoms with van der Waals surface area (Å²) in [4.78, 5) is 152. The number of carbonyl (C=O) groups excluding carboxylic acids is 11. The number of methoxy groups -OCH3 is 1. The molecule has 0 unspecified atom stereocenters. The molecule has 91 heavy (non-hydrogen) atoms. The summed E-state index contributed by atoms with van der Waals surface area (Å²) in [6.07, 6.45) is -0.434. The second-order valence-corrected chi connectivity index (χ2v) is 22.6. The number of phenols is 1. The summed E-state index contributed by atoms with van der Waals surface area (Å²) in [5.74, 6) is -9.61. The molecule has 3 aromatic rings. The first-order valence-corrected chi connectivity index (χ1v) is 30.4. The van der Waals surface area contributed by atoms with Gasteiger partial charge in [-0.05, 0) is 86.2 Å². The summed E-state index contributed by atoms with van der Waals surface area (Å²) >= 11 is 0. The minimum absolute atomic E-state index is 0.00682. The van der Waals surface area contributed by atoms with Gasteiger partial charge in [0.05, 0.1) is 19.6 Å². The molecule has 29 nitrogen and oxygen atoms in total. The Morgan fingerprint density at radius 2 is 1.10 bits per heavy atom. The average Bonchev–Trinajstić information content (AvgIpc) is 1.87. The molecule has 29 heteroatoms. The Morgan fingerprint density at radius 3 is 1.64 bits per heavy atom. The highest BCUT2D eigenvalue weighted by molar-refractivity contribution is 5.99. The molecule has 4 rings (SSSR count). The van der Waals surface area contributed by atoms with Crippen LogP contribution in [0, 0.1) is 11.3 Å². The number of aromatic hydroxyl groups is 1. The van der Waals surface area contributed by atoms with Crippen molar-refractivity contribution in [2.75, 3.05) is 53.1 Å². The molecule has 498 valence electrons. The highest BCUT2D eigenvalue weighted by Crippen LogP contribution is 2.21. The lowest BCUT2D eigenvalue weighted by molar-refractivity contribution is -0.143. The van der Waals surface area contributed by atoms with E-state index < -0.39 is 126 Å². The van der Waals surface area contributed by atoms with Gasteiger partial charge in [0.2, 0.25) is 65.0 Å². The summed E-state index contributed by atoms with van der Waals surface area (Å²) in [5.41, 5.74) is 23.5. The van der Waals surface area contributed by atoms with Crippen molar-refractivity contribution in [3.05, 3.63) is 102 Å². The quantitative estimate of drug-likeness (QED) is 0.0162. The third-order valence-corrected chi connectivity index (χ3v) is 14.6. The van der Waals surface area contributed by atoms with Crippen molar-refractivity contribution in [2.45, 2.75) is 146 Å². The van der Waals surface area contributed by atoms with Crippen molar-refractivity contribution in [1.29, 1.82) is 5.41 Å². The van der Waals surface area contributed by atoms with Crippen molar-refractivity contribution in [3.63, 3.8) is 0 Å². The first-order valence-electron chi connectivity index (χ1n) is 30.4. The Bertz CT molecular complexity index is 2890. The molecule has 19 N–H and O–H groups in total. The van der Waals surface area contributed by atoms with E-state index in [9.17, 15) is 57.8 Å².